The monoisotopic (exact) mass is 530 g/mol. The minimum absolute atomic E-state index is 0.0350. The second kappa shape index (κ2) is 10.5. The number of hydrogen-bond acceptors (Lipinski definition) is 7. The number of nitrogens with one attached hydrogen (secondary N) is 1. The van der Waals surface area contributed by atoms with Crippen molar-refractivity contribution in [1.82, 2.24) is 9.88 Å². The number of carbonyl (C=O) groups excluding carboxylic acids is 2. The maximum atomic E-state index is 13.6. The molecule has 0 saturated heterocycles. The molecule has 0 spiro atoms. The van der Waals surface area contributed by atoms with Crippen LogP contribution < -0.4 is 4.74 Å². The van der Waals surface area contributed by atoms with Crippen molar-refractivity contribution in [3.8, 4) is 5.75 Å². The summed E-state index contributed by atoms with van der Waals surface area (Å²) >= 11 is 0. The van der Waals surface area contributed by atoms with Crippen LogP contribution in [-0.2, 0) is 19.3 Å². The number of hydrogen-bond donors (Lipinski definition) is 1. The van der Waals surface area contributed by atoms with Crippen molar-refractivity contribution in [2.75, 3.05) is 20.2 Å². The van der Waals surface area contributed by atoms with Gasteiger partial charge in [-0.2, -0.15) is 0 Å². The summed E-state index contributed by atoms with van der Waals surface area (Å²) in [5, 5.41) is 0.0102. The number of rotatable bonds is 7. The molecule has 0 atom stereocenters. The molecule has 0 aliphatic rings. The maximum Gasteiger partial charge on any atom is 0.410 e. The van der Waals surface area contributed by atoms with Crippen molar-refractivity contribution in [2.45, 2.75) is 62.7 Å². The first-order valence-corrected chi connectivity index (χ1v) is 13.3. The predicted octanol–water partition coefficient (Wildman–Crippen LogP) is 5.20. The molecule has 3 rings (SSSR count). The highest BCUT2D eigenvalue weighted by Gasteiger charge is 2.33. The lowest BCUT2D eigenvalue weighted by atomic mass is 10.1. The lowest BCUT2D eigenvalue weighted by molar-refractivity contribution is 0.00668. The van der Waals surface area contributed by atoms with Crippen molar-refractivity contribution in [3.63, 3.8) is 0 Å². The number of H-pyrrole nitrogens is 1. The Morgan fingerprint density at radius 1 is 0.892 bits per heavy atom. The van der Waals surface area contributed by atoms with E-state index in [0.29, 0.717) is 5.52 Å². The third-order valence-electron chi connectivity index (χ3n) is 5.07. The molecular formula is C27H34N2O7S. The van der Waals surface area contributed by atoms with E-state index in [2.05, 4.69) is 4.98 Å². The topological polar surface area (TPSA) is 115 Å². The molecule has 1 aromatic heterocycles. The molecule has 9 nitrogen and oxygen atoms in total. The summed E-state index contributed by atoms with van der Waals surface area (Å²) in [5.41, 5.74) is -1.23. The van der Waals surface area contributed by atoms with Crippen LogP contribution in [0.3, 0.4) is 0 Å². The fourth-order valence-electron chi connectivity index (χ4n) is 3.48. The van der Waals surface area contributed by atoms with E-state index >= 15 is 0 Å². The van der Waals surface area contributed by atoms with Gasteiger partial charge >= 0.3 is 12.1 Å². The molecule has 200 valence electrons. The SMILES string of the molecule is CN(CCOc1cccc2[nH]c(S(=O)(=O)c3ccccc3)c(C(=O)OC(C)(C)C)c12)C(=O)OC(C)(C)C. The Hall–Kier alpha value is -3.53. The molecule has 0 aliphatic carbocycles. The molecule has 0 unspecified atom stereocenters. The van der Waals surface area contributed by atoms with Gasteiger partial charge in [0.05, 0.1) is 22.3 Å². The van der Waals surface area contributed by atoms with Gasteiger partial charge in [-0.15, -0.1) is 0 Å². The van der Waals surface area contributed by atoms with E-state index in [0.717, 1.165) is 0 Å². The summed E-state index contributed by atoms with van der Waals surface area (Å²) in [6.45, 7) is 10.7. The second-order valence-electron chi connectivity index (χ2n) is 10.6. The Morgan fingerprint density at radius 3 is 2.11 bits per heavy atom. The molecule has 37 heavy (non-hydrogen) atoms. The Kier molecular flexibility index (Phi) is 7.92. The van der Waals surface area contributed by atoms with E-state index in [9.17, 15) is 18.0 Å². The van der Waals surface area contributed by atoms with Crippen LogP contribution in [0.5, 0.6) is 5.75 Å². The third kappa shape index (κ3) is 6.82. The Morgan fingerprint density at radius 2 is 1.51 bits per heavy atom. The van der Waals surface area contributed by atoms with Crippen LogP contribution in [0.1, 0.15) is 51.9 Å². The number of aromatic nitrogens is 1. The number of esters is 1. The summed E-state index contributed by atoms with van der Waals surface area (Å²) in [5.74, 6) is -0.517. The number of likely N-dealkylation sites (N-methyl/N-ethyl adjacent to an activating group) is 1. The lowest BCUT2D eigenvalue weighted by Crippen LogP contribution is -2.36. The highest BCUT2D eigenvalue weighted by Crippen LogP contribution is 2.36. The normalized spacial score (nSPS) is 12.3. The molecule has 1 N–H and O–H groups in total. The van der Waals surface area contributed by atoms with E-state index in [1.54, 1.807) is 85.0 Å². The summed E-state index contributed by atoms with van der Waals surface area (Å²) < 4.78 is 44.0. The van der Waals surface area contributed by atoms with Crippen molar-refractivity contribution in [3.05, 3.63) is 54.1 Å². The fourth-order valence-corrected chi connectivity index (χ4v) is 4.93. The molecule has 0 fully saturated rings. The van der Waals surface area contributed by atoms with Gasteiger partial charge in [-0.05, 0) is 65.8 Å². The second-order valence-corrected chi connectivity index (χ2v) is 12.5. The van der Waals surface area contributed by atoms with Gasteiger partial charge < -0.3 is 24.1 Å². The number of sulfone groups is 1. The molecule has 2 aromatic carbocycles. The van der Waals surface area contributed by atoms with Gasteiger partial charge in [0.2, 0.25) is 9.84 Å². The minimum Gasteiger partial charge on any atom is -0.491 e. The van der Waals surface area contributed by atoms with Gasteiger partial charge in [0.1, 0.15) is 29.1 Å². The largest absolute Gasteiger partial charge is 0.491 e. The maximum absolute atomic E-state index is 13.6. The summed E-state index contributed by atoms with van der Waals surface area (Å²) in [6, 6.07) is 12.8. The van der Waals surface area contributed by atoms with Crippen molar-refractivity contribution < 1.29 is 32.2 Å². The molecule has 1 amide bonds. The summed E-state index contributed by atoms with van der Waals surface area (Å²) in [6.07, 6.45) is -0.498. The molecule has 1 heterocycles. The van der Waals surface area contributed by atoms with Crippen molar-refractivity contribution >= 4 is 32.8 Å². The molecular weight excluding hydrogens is 496 g/mol. The van der Waals surface area contributed by atoms with Crippen LogP contribution in [0, 0.1) is 0 Å². The Balaban J connectivity index is 2.02. The number of nitrogens with zero attached hydrogens (tertiary/aromatic N) is 1. The summed E-state index contributed by atoms with van der Waals surface area (Å²) in [7, 11) is -2.50. The zero-order valence-electron chi connectivity index (χ0n) is 22.2. The fraction of sp³-hybridized carbons (Fsp3) is 0.407. The Bertz CT molecular complexity index is 1380. The first-order chi connectivity index (χ1) is 17.1. The number of carbonyl (C=O) groups is 2. The number of amides is 1. The minimum atomic E-state index is -4.09. The molecule has 0 aliphatic heterocycles. The van der Waals surface area contributed by atoms with Gasteiger partial charge in [-0.1, -0.05) is 24.3 Å². The lowest BCUT2D eigenvalue weighted by Gasteiger charge is -2.24. The van der Waals surface area contributed by atoms with E-state index in [1.165, 1.54) is 17.0 Å². The van der Waals surface area contributed by atoms with Gasteiger partial charge in [0.25, 0.3) is 0 Å². The van der Waals surface area contributed by atoms with Crippen molar-refractivity contribution in [2.24, 2.45) is 0 Å². The first kappa shape index (κ1) is 28.0. The number of benzene rings is 2. The van der Waals surface area contributed by atoms with Crippen LogP contribution in [0.15, 0.2) is 58.5 Å². The Labute approximate surface area is 217 Å². The number of aromatic amines is 1. The van der Waals surface area contributed by atoms with E-state index in [-0.39, 0.29) is 39.8 Å². The standard InChI is InChI=1S/C27H34N2O7S/c1-26(2,3)35-24(30)22-21-19(28-23(22)37(32,33)18-12-9-8-10-13-18)14-11-15-20(21)34-17-16-29(7)25(31)36-27(4,5)6/h8-15,28H,16-17H2,1-7H3. The van der Waals surface area contributed by atoms with Crippen LogP contribution >= 0.6 is 0 Å². The van der Waals surface area contributed by atoms with Gasteiger partial charge in [-0.3, -0.25) is 0 Å². The molecule has 3 aromatic rings. The first-order valence-electron chi connectivity index (χ1n) is 11.9. The van der Waals surface area contributed by atoms with Crippen LogP contribution in [0.2, 0.25) is 0 Å². The third-order valence-corrected chi connectivity index (χ3v) is 6.80. The molecule has 0 saturated carbocycles. The number of ether oxygens (including phenoxy) is 3. The average molecular weight is 531 g/mol. The van der Waals surface area contributed by atoms with Crippen LogP contribution in [-0.4, -0.2) is 61.8 Å². The zero-order chi connectivity index (χ0) is 27.6. The highest BCUT2D eigenvalue weighted by molar-refractivity contribution is 7.91. The highest BCUT2D eigenvalue weighted by atomic mass is 32.2. The van der Waals surface area contributed by atoms with Crippen LogP contribution in [0.4, 0.5) is 4.79 Å². The van der Waals surface area contributed by atoms with Gasteiger partial charge in [0, 0.05) is 7.05 Å². The van der Waals surface area contributed by atoms with Gasteiger partial charge in [-0.25, -0.2) is 18.0 Å². The van der Waals surface area contributed by atoms with E-state index in [4.69, 9.17) is 14.2 Å². The summed E-state index contributed by atoms with van der Waals surface area (Å²) in [4.78, 5) is 29.9. The van der Waals surface area contributed by atoms with E-state index in [1.807, 2.05) is 0 Å². The molecule has 0 bridgehead atoms. The predicted molar refractivity (Wildman–Crippen MR) is 140 cm³/mol. The average Bonchev–Trinajstić information content (AvgIpc) is 3.19. The molecule has 10 heteroatoms. The smallest absolute Gasteiger partial charge is 0.410 e. The van der Waals surface area contributed by atoms with Crippen LogP contribution in [0.25, 0.3) is 10.9 Å². The number of fused-ring (bicyclic) bond motifs is 1. The molecule has 0 radical (unpaired) electrons. The van der Waals surface area contributed by atoms with Crippen molar-refractivity contribution in [1.29, 1.82) is 0 Å². The van der Waals surface area contributed by atoms with Gasteiger partial charge in [0.15, 0.2) is 5.03 Å². The zero-order valence-corrected chi connectivity index (χ0v) is 23.1. The quantitative estimate of drug-likeness (QED) is 0.417. The van der Waals surface area contributed by atoms with E-state index < -0.39 is 33.1 Å².